The van der Waals surface area contributed by atoms with Crippen LogP contribution in [0.1, 0.15) is 19.6 Å². The van der Waals surface area contributed by atoms with Crippen LogP contribution in [0.4, 0.5) is 4.79 Å². The first kappa shape index (κ1) is 12.4. The van der Waals surface area contributed by atoms with E-state index in [1.54, 1.807) is 18.2 Å². The van der Waals surface area contributed by atoms with Crippen molar-refractivity contribution in [3.63, 3.8) is 0 Å². The Morgan fingerprint density at radius 3 is 2.59 bits per heavy atom. The number of rotatable bonds is 2. The number of thioether (sulfide) groups is 1. The Morgan fingerprint density at radius 1 is 1.41 bits per heavy atom. The molecule has 2 rings (SSSR count). The lowest BCUT2D eigenvalue weighted by atomic mass is 10.3. The van der Waals surface area contributed by atoms with Crippen LogP contribution in [0.5, 0.6) is 0 Å². The Hall–Kier alpha value is -1.01. The summed E-state index contributed by atoms with van der Waals surface area (Å²) in [6.45, 7) is 3.62. The largest absolute Gasteiger partial charge is 0.450 e. The summed E-state index contributed by atoms with van der Waals surface area (Å²) in [4.78, 5) is 25.2. The van der Waals surface area contributed by atoms with Crippen molar-refractivity contribution in [3.8, 4) is 0 Å². The van der Waals surface area contributed by atoms with Crippen LogP contribution in [0.3, 0.4) is 0 Å². The first-order valence-corrected chi connectivity index (χ1v) is 6.62. The van der Waals surface area contributed by atoms with E-state index in [0.717, 1.165) is 11.8 Å². The van der Waals surface area contributed by atoms with Gasteiger partial charge in [-0.3, -0.25) is 14.5 Å². The molecule has 0 saturated carbocycles. The molecule has 0 N–H and O–H groups in total. The molecule has 0 aliphatic carbocycles. The number of furan rings is 1. The summed E-state index contributed by atoms with van der Waals surface area (Å²) in [5.41, 5.74) is 0. The molecule has 0 unspecified atom stereocenters. The molecule has 2 amide bonds. The molecule has 1 aliphatic heterocycles. The maximum Gasteiger partial charge on any atom is 0.293 e. The molecule has 6 heteroatoms. The molecule has 1 aromatic rings. The van der Waals surface area contributed by atoms with Gasteiger partial charge in [0.1, 0.15) is 5.76 Å². The van der Waals surface area contributed by atoms with Gasteiger partial charge in [0.2, 0.25) is 0 Å². The first-order chi connectivity index (χ1) is 7.99. The molecule has 4 nitrogen and oxygen atoms in total. The molecule has 90 valence electrons. The summed E-state index contributed by atoms with van der Waals surface area (Å²) in [5.74, 6) is 0.286. The molecule has 2 heterocycles. The Morgan fingerprint density at radius 2 is 2.12 bits per heavy atom. The van der Waals surface area contributed by atoms with Crippen molar-refractivity contribution in [1.82, 2.24) is 4.90 Å². The van der Waals surface area contributed by atoms with E-state index >= 15 is 0 Å². The van der Waals surface area contributed by atoms with Gasteiger partial charge in [-0.1, -0.05) is 0 Å². The fourth-order valence-electron chi connectivity index (χ4n) is 1.46. The van der Waals surface area contributed by atoms with E-state index in [2.05, 4.69) is 15.9 Å². The van der Waals surface area contributed by atoms with Gasteiger partial charge >= 0.3 is 0 Å². The number of halogens is 1. The van der Waals surface area contributed by atoms with Crippen LogP contribution >= 0.6 is 27.7 Å². The number of carbonyl (C=O) groups excluding carboxylic acids is 2. The summed E-state index contributed by atoms with van der Waals surface area (Å²) in [5, 5.41) is -0.234. The minimum absolute atomic E-state index is 0.128. The van der Waals surface area contributed by atoms with Crippen LogP contribution in [-0.2, 0) is 4.79 Å². The van der Waals surface area contributed by atoms with Crippen molar-refractivity contribution in [2.24, 2.45) is 0 Å². The summed E-state index contributed by atoms with van der Waals surface area (Å²) < 4.78 is 5.86. The number of nitrogens with zero attached hydrogens (tertiary/aromatic N) is 1. The highest BCUT2D eigenvalue weighted by Crippen LogP contribution is 2.33. The van der Waals surface area contributed by atoms with Gasteiger partial charge in [0.15, 0.2) is 4.67 Å². The third-order valence-electron chi connectivity index (χ3n) is 2.21. The van der Waals surface area contributed by atoms with E-state index in [-0.39, 0.29) is 17.2 Å². The third kappa shape index (κ3) is 2.47. The Bertz CT molecular complexity index is 507. The zero-order valence-electron chi connectivity index (χ0n) is 9.27. The average molecular weight is 316 g/mol. The van der Waals surface area contributed by atoms with Gasteiger partial charge in [0.25, 0.3) is 11.1 Å². The highest BCUT2D eigenvalue weighted by atomic mass is 79.9. The molecule has 1 aromatic heterocycles. The van der Waals surface area contributed by atoms with Crippen molar-refractivity contribution in [2.45, 2.75) is 19.9 Å². The molecule has 0 radical (unpaired) electrons. The Labute approximate surface area is 111 Å². The van der Waals surface area contributed by atoms with Crippen LogP contribution in [0, 0.1) is 0 Å². The van der Waals surface area contributed by atoms with Crippen LogP contribution in [-0.4, -0.2) is 22.1 Å². The van der Waals surface area contributed by atoms with E-state index in [0.29, 0.717) is 15.3 Å². The number of amides is 2. The van der Waals surface area contributed by atoms with E-state index < -0.39 is 0 Å². The molecule has 0 bridgehead atoms. The number of hydrogen-bond donors (Lipinski definition) is 0. The predicted molar refractivity (Wildman–Crippen MR) is 69.4 cm³/mol. The Balaban J connectivity index is 2.28. The molecule has 0 spiro atoms. The van der Waals surface area contributed by atoms with Crippen LogP contribution < -0.4 is 0 Å². The molecule has 1 saturated heterocycles. The quantitative estimate of drug-likeness (QED) is 0.784. The first-order valence-electron chi connectivity index (χ1n) is 5.01. The van der Waals surface area contributed by atoms with Crippen molar-refractivity contribution >= 4 is 44.9 Å². The highest BCUT2D eigenvalue weighted by Gasteiger charge is 2.36. The molecule has 0 aromatic carbocycles. The van der Waals surface area contributed by atoms with Gasteiger partial charge in [-0.25, -0.2) is 0 Å². The zero-order chi connectivity index (χ0) is 12.6. The van der Waals surface area contributed by atoms with E-state index in [9.17, 15) is 9.59 Å². The minimum atomic E-state index is -0.262. The minimum Gasteiger partial charge on any atom is -0.450 e. The van der Waals surface area contributed by atoms with Gasteiger partial charge in [-0.15, -0.1) is 0 Å². The lowest BCUT2D eigenvalue weighted by molar-refractivity contribution is -0.123. The third-order valence-corrected chi connectivity index (χ3v) is 3.52. The lowest BCUT2D eigenvalue weighted by Crippen LogP contribution is -2.34. The predicted octanol–water partition coefficient (Wildman–Crippen LogP) is 3.49. The summed E-state index contributed by atoms with van der Waals surface area (Å²) in [6.07, 6.45) is 1.58. The van der Waals surface area contributed by atoms with Gasteiger partial charge in [0.05, 0.1) is 4.91 Å². The van der Waals surface area contributed by atoms with Crippen molar-refractivity contribution < 1.29 is 14.0 Å². The molecule has 17 heavy (non-hydrogen) atoms. The molecular weight excluding hydrogens is 306 g/mol. The number of hydrogen-bond acceptors (Lipinski definition) is 4. The van der Waals surface area contributed by atoms with Crippen molar-refractivity contribution in [2.75, 3.05) is 0 Å². The standard InChI is InChI=1S/C11H10BrNO3S/c1-6(2)13-10(14)8(17-11(13)15)5-7-3-4-9(12)16-7/h3-6H,1-2H3/b8-5+. The summed E-state index contributed by atoms with van der Waals surface area (Å²) >= 11 is 4.12. The normalized spacial score (nSPS) is 18.8. The van der Waals surface area contributed by atoms with Crippen molar-refractivity contribution in [3.05, 3.63) is 27.5 Å². The fraction of sp³-hybridized carbons (Fsp3) is 0.273. The topological polar surface area (TPSA) is 50.5 Å². The van der Waals surface area contributed by atoms with Gasteiger partial charge in [-0.05, 0) is 53.7 Å². The summed E-state index contributed by atoms with van der Waals surface area (Å²) in [6, 6.07) is 3.34. The van der Waals surface area contributed by atoms with Crippen LogP contribution in [0.25, 0.3) is 6.08 Å². The van der Waals surface area contributed by atoms with E-state index in [1.807, 2.05) is 13.8 Å². The van der Waals surface area contributed by atoms with Gasteiger partial charge in [-0.2, -0.15) is 0 Å². The van der Waals surface area contributed by atoms with Crippen molar-refractivity contribution in [1.29, 1.82) is 0 Å². The van der Waals surface area contributed by atoms with Crippen LogP contribution in [0.15, 0.2) is 26.1 Å². The number of carbonyl (C=O) groups is 2. The lowest BCUT2D eigenvalue weighted by Gasteiger charge is -2.16. The van der Waals surface area contributed by atoms with E-state index in [4.69, 9.17) is 4.42 Å². The van der Waals surface area contributed by atoms with Gasteiger partial charge in [0, 0.05) is 12.1 Å². The average Bonchev–Trinajstić information content (AvgIpc) is 2.73. The van der Waals surface area contributed by atoms with Crippen LogP contribution in [0.2, 0.25) is 0 Å². The Kier molecular flexibility index (Phi) is 3.44. The highest BCUT2D eigenvalue weighted by molar-refractivity contribution is 9.10. The molecule has 1 aliphatic rings. The second-order valence-electron chi connectivity index (χ2n) is 3.79. The maximum absolute atomic E-state index is 11.9. The molecule has 0 atom stereocenters. The second-order valence-corrected chi connectivity index (χ2v) is 5.56. The molecule has 1 fully saturated rings. The number of imide groups is 1. The molecular formula is C11H10BrNO3S. The fourth-order valence-corrected chi connectivity index (χ4v) is 2.72. The SMILES string of the molecule is CC(C)N1C(=O)S/C(=C/c2ccc(Br)o2)C1=O. The smallest absolute Gasteiger partial charge is 0.293 e. The maximum atomic E-state index is 11.9. The second kappa shape index (κ2) is 4.70. The van der Waals surface area contributed by atoms with Gasteiger partial charge < -0.3 is 4.42 Å². The van der Waals surface area contributed by atoms with E-state index in [1.165, 1.54) is 4.90 Å². The summed E-state index contributed by atoms with van der Waals surface area (Å²) in [7, 11) is 0. The zero-order valence-corrected chi connectivity index (χ0v) is 11.7. The monoisotopic (exact) mass is 315 g/mol.